The van der Waals surface area contributed by atoms with Gasteiger partial charge in [-0.05, 0) is 55.2 Å². The number of hydrogen-bond donors (Lipinski definition) is 5. The van der Waals surface area contributed by atoms with E-state index in [1.807, 2.05) is 12.1 Å². The van der Waals surface area contributed by atoms with Crippen molar-refractivity contribution in [2.75, 3.05) is 44.2 Å². The third kappa shape index (κ3) is 4.49. The van der Waals surface area contributed by atoms with E-state index in [4.69, 9.17) is 5.73 Å². The van der Waals surface area contributed by atoms with Crippen LogP contribution in [0.25, 0.3) is 0 Å². The first-order valence-corrected chi connectivity index (χ1v) is 11.1. The molecule has 2 amide bonds. The number of carbonyl (C=O) groups excluding carboxylic acids is 2. The van der Waals surface area contributed by atoms with Crippen molar-refractivity contribution in [3.8, 4) is 5.75 Å². The molecule has 9 nitrogen and oxygen atoms in total. The molecule has 9 heteroatoms. The number of aliphatic hydroxyl groups excluding tert-OH is 2. The number of piperidine rings is 2. The Bertz CT molecular complexity index is 801. The number of aliphatic hydroxyl groups is 2. The maximum Gasteiger partial charge on any atom is 0.254 e. The van der Waals surface area contributed by atoms with Crippen LogP contribution >= 0.6 is 0 Å². The molecule has 3 aliphatic rings. The third-order valence-electron chi connectivity index (χ3n) is 7.18. The second-order valence-electron chi connectivity index (χ2n) is 9.02. The van der Waals surface area contributed by atoms with Crippen molar-refractivity contribution in [2.45, 2.75) is 25.0 Å². The van der Waals surface area contributed by atoms with Crippen LogP contribution in [0, 0.1) is 23.7 Å². The first-order chi connectivity index (χ1) is 14.9. The van der Waals surface area contributed by atoms with E-state index in [2.05, 4.69) is 10.2 Å². The van der Waals surface area contributed by atoms with Gasteiger partial charge < -0.3 is 36.2 Å². The minimum Gasteiger partial charge on any atom is -0.506 e. The van der Waals surface area contributed by atoms with Crippen LogP contribution in [-0.2, 0) is 9.59 Å². The summed E-state index contributed by atoms with van der Waals surface area (Å²) >= 11 is 0. The summed E-state index contributed by atoms with van der Waals surface area (Å²) in [6.07, 6.45) is -1.89. The van der Waals surface area contributed by atoms with E-state index in [0.29, 0.717) is 43.9 Å². The first kappa shape index (κ1) is 21.9. The highest BCUT2D eigenvalue weighted by atomic mass is 16.3. The van der Waals surface area contributed by atoms with Gasteiger partial charge in [0, 0.05) is 32.7 Å². The largest absolute Gasteiger partial charge is 0.506 e. The van der Waals surface area contributed by atoms with Crippen molar-refractivity contribution in [2.24, 2.45) is 29.4 Å². The molecule has 4 atom stereocenters. The normalized spacial score (nSPS) is 27.5. The number of amides is 2. The lowest BCUT2D eigenvalue weighted by molar-refractivity contribution is -0.152. The highest BCUT2D eigenvalue weighted by molar-refractivity contribution is 5.90. The molecule has 0 spiro atoms. The predicted octanol–water partition coefficient (Wildman–Crippen LogP) is -0.890. The van der Waals surface area contributed by atoms with Gasteiger partial charge >= 0.3 is 0 Å². The fraction of sp³-hybridized carbons (Fsp3) is 0.636. The van der Waals surface area contributed by atoms with Crippen molar-refractivity contribution in [1.29, 1.82) is 0 Å². The summed E-state index contributed by atoms with van der Waals surface area (Å²) in [4.78, 5) is 28.4. The summed E-state index contributed by atoms with van der Waals surface area (Å²) < 4.78 is 0. The molecule has 0 aromatic heterocycles. The number of rotatable bonds is 7. The molecular weight excluding hydrogens is 400 g/mol. The van der Waals surface area contributed by atoms with Gasteiger partial charge in [-0.2, -0.15) is 0 Å². The van der Waals surface area contributed by atoms with Crippen LogP contribution < -0.4 is 16.0 Å². The quantitative estimate of drug-likeness (QED) is 0.377. The number of fused-ring (bicyclic) bond motifs is 1. The van der Waals surface area contributed by atoms with Gasteiger partial charge in [0.05, 0.1) is 5.69 Å². The lowest BCUT2D eigenvalue weighted by Crippen LogP contribution is -2.51. The van der Waals surface area contributed by atoms with Crippen molar-refractivity contribution in [3.05, 3.63) is 24.3 Å². The second-order valence-corrected chi connectivity index (χ2v) is 9.02. The number of carbonyl (C=O) groups is 2. The van der Waals surface area contributed by atoms with Gasteiger partial charge in [0.2, 0.25) is 0 Å². The van der Waals surface area contributed by atoms with E-state index < -0.39 is 24.0 Å². The average molecular weight is 433 g/mol. The second kappa shape index (κ2) is 9.02. The number of anilines is 1. The van der Waals surface area contributed by atoms with Gasteiger partial charge in [-0.1, -0.05) is 12.1 Å². The van der Waals surface area contributed by atoms with Crippen LogP contribution in [0.3, 0.4) is 0 Å². The SMILES string of the molecule is NCC1C2CN(C(=O)[C@H](O)[C@@H](O)C(=O)NCC3CCN(c4ccccc4O)CC3)CC12. The molecule has 3 fully saturated rings. The maximum absolute atomic E-state index is 12.4. The Morgan fingerprint density at radius 3 is 2.35 bits per heavy atom. The lowest BCUT2D eigenvalue weighted by atomic mass is 9.96. The van der Waals surface area contributed by atoms with Crippen molar-refractivity contribution in [1.82, 2.24) is 10.2 Å². The molecule has 0 bridgehead atoms. The number of nitrogens with two attached hydrogens (primary N) is 1. The van der Waals surface area contributed by atoms with Crippen LogP contribution in [0.4, 0.5) is 5.69 Å². The number of likely N-dealkylation sites (tertiary alicyclic amines) is 1. The summed E-state index contributed by atoms with van der Waals surface area (Å²) in [5.74, 6) is 0.378. The standard InChI is InChI=1S/C22H32N4O5/c23-9-14-15-11-26(12-16(14)15)22(31)20(29)19(28)21(30)24-10-13-5-7-25(8-6-13)17-3-1-2-4-18(17)27/h1-4,13-16,19-20,27-29H,5-12,23H2,(H,24,30)/t14?,15?,16?,19-,20-/m1/s1. The number of nitrogens with one attached hydrogen (secondary N) is 1. The number of hydrogen-bond acceptors (Lipinski definition) is 7. The van der Waals surface area contributed by atoms with E-state index in [1.54, 1.807) is 12.1 Å². The Kier molecular flexibility index (Phi) is 6.36. The molecule has 170 valence electrons. The molecule has 0 radical (unpaired) electrons. The molecular formula is C22H32N4O5. The first-order valence-electron chi connectivity index (χ1n) is 11.1. The molecule has 2 unspecified atom stereocenters. The summed E-state index contributed by atoms with van der Waals surface area (Å²) in [5.41, 5.74) is 6.48. The third-order valence-corrected chi connectivity index (χ3v) is 7.18. The number of para-hydroxylation sites is 2. The Hall–Kier alpha value is -2.36. The molecule has 2 heterocycles. The van der Waals surface area contributed by atoms with Crippen molar-refractivity contribution < 1.29 is 24.9 Å². The molecule has 1 aromatic carbocycles. The molecule has 2 aliphatic heterocycles. The highest BCUT2D eigenvalue weighted by Gasteiger charge is 2.56. The molecule has 2 saturated heterocycles. The van der Waals surface area contributed by atoms with E-state index in [-0.39, 0.29) is 11.7 Å². The lowest BCUT2D eigenvalue weighted by Gasteiger charge is -2.34. The van der Waals surface area contributed by atoms with E-state index in [0.717, 1.165) is 31.6 Å². The summed E-state index contributed by atoms with van der Waals surface area (Å²) in [6.45, 7) is 3.55. The van der Waals surface area contributed by atoms with Gasteiger partial charge in [-0.25, -0.2) is 0 Å². The summed E-state index contributed by atoms with van der Waals surface area (Å²) in [7, 11) is 0. The van der Waals surface area contributed by atoms with E-state index >= 15 is 0 Å². The van der Waals surface area contributed by atoms with Crippen molar-refractivity contribution in [3.63, 3.8) is 0 Å². The van der Waals surface area contributed by atoms with Crippen LogP contribution in [0.1, 0.15) is 12.8 Å². The molecule has 1 aromatic rings. The predicted molar refractivity (Wildman–Crippen MR) is 114 cm³/mol. The molecule has 1 saturated carbocycles. The monoisotopic (exact) mass is 432 g/mol. The van der Waals surface area contributed by atoms with E-state index in [9.17, 15) is 24.9 Å². The van der Waals surface area contributed by atoms with Gasteiger partial charge in [0.15, 0.2) is 12.2 Å². The van der Waals surface area contributed by atoms with Gasteiger partial charge in [0.25, 0.3) is 11.8 Å². The molecule has 31 heavy (non-hydrogen) atoms. The zero-order chi connectivity index (χ0) is 22.1. The topological polar surface area (TPSA) is 139 Å². The fourth-order valence-corrected chi connectivity index (χ4v) is 5.10. The van der Waals surface area contributed by atoms with Crippen LogP contribution in [-0.4, -0.2) is 83.5 Å². The Morgan fingerprint density at radius 2 is 1.74 bits per heavy atom. The van der Waals surface area contributed by atoms with Crippen LogP contribution in [0.2, 0.25) is 0 Å². The zero-order valence-electron chi connectivity index (χ0n) is 17.6. The average Bonchev–Trinajstić information content (AvgIpc) is 3.26. The van der Waals surface area contributed by atoms with Gasteiger partial charge in [0.1, 0.15) is 5.75 Å². The minimum atomic E-state index is -1.78. The van der Waals surface area contributed by atoms with Gasteiger partial charge in [-0.15, -0.1) is 0 Å². The number of aromatic hydroxyl groups is 1. The van der Waals surface area contributed by atoms with E-state index in [1.165, 1.54) is 4.90 Å². The van der Waals surface area contributed by atoms with Crippen LogP contribution in [0.5, 0.6) is 5.75 Å². The number of phenols is 1. The Balaban J connectivity index is 1.19. The summed E-state index contributed by atoms with van der Waals surface area (Å²) in [6, 6.07) is 7.22. The smallest absolute Gasteiger partial charge is 0.254 e. The molecule has 1 aliphatic carbocycles. The van der Waals surface area contributed by atoms with Crippen molar-refractivity contribution >= 4 is 17.5 Å². The molecule has 6 N–H and O–H groups in total. The number of phenolic OH excluding ortho intramolecular Hbond substituents is 1. The number of benzene rings is 1. The van der Waals surface area contributed by atoms with Crippen LogP contribution in [0.15, 0.2) is 24.3 Å². The van der Waals surface area contributed by atoms with Gasteiger partial charge in [-0.3, -0.25) is 9.59 Å². The Morgan fingerprint density at radius 1 is 1.10 bits per heavy atom. The Labute approximate surface area is 181 Å². The summed E-state index contributed by atoms with van der Waals surface area (Å²) in [5, 5.41) is 33.1. The zero-order valence-corrected chi connectivity index (χ0v) is 17.6. The minimum absolute atomic E-state index is 0.227. The number of nitrogens with zero attached hydrogens (tertiary/aromatic N) is 2. The fourth-order valence-electron chi connectivity index (χ4n) is 5.10. The maximum atomic E-state index is 12.4. The highest BCUT2D eigenvalue weighted by Crippen LogP contribution is 2.51. The molecule has 4 rings (SSSR count).